The van der Waals surface area contributed by atoms with Gasteiger partial charge in [0, 0.05) is 22.4 Å². The maximum absolute atomic E-state index is 13.7. The van der Waals surface area contributed by atoms with Crippen LogP contribution in [0.25, 0.3) is 11.0 Å². The summed E-state index contributed by atoms with van der Waals surface area (Å²) in [5, 5.41) is 0.301. The van der Waals surface area contributed by atoms with E-state index in [0.717, 1.165) is 12.1 Å². The number of ketones is 1. The number of hydrogen-bond acceptors (Lipinski definition) is 9. The number of fused-ring (bicyclic) bond motifs is 4. The van der Waals surface area contributed by atoms with Gasteiger partial charge in [0.15, 0.2) is 11.6 Å². The monoisotopic (exact) mass is 682 g/mol. The van der Waals surface area contributed by atoms with Crippen LogP contribution in [0.5, 0.6) is 11.5 Å². The zero-order valence-corrected chi connectivity index (χ0v) is 28.9. The van der Waals surface area contributed by atoms with Crippen LogP contribution in [0.1, 0.15) is 89.6 Å². The molecule has 0 N–H and O–H groups in total. The number of rotatable bonds is 8. The smallest absolute Gasteiger partial charge is 0.491 e. The van der Waals surface area contributed by atoms with Crippen LogP contribution in [0.4, 0.5) is 13.2 Å². The summed E-state index contributed by atoms with van der Waals surface area (Å²) < 4.78 is 96.9. The highest BCUT2D eigenvalue weighted by Gasteiger charge is 2.51. The van der Waals surface area contributed by atoms with E-state index in [2.05, 4.69) is 25.0 Å². The average Bonchev–Trinajstić information content (AvgIpc) is 3.46. The predicted octanol–water partition coefficient (Wildman–Crippen LogP) is 7.06. The number of alkyl halides is 3. The van der Waals surface area contributed by atoms with Gasteiger partial charge in [0.25, 0.3) is 0 Å². The minimum Gasteiger partial charge on any atom is -0.491 e. The predicted molar refractivity (Wildman–Crippen MR) is 164 cm³/mol. The number of carbonyl (C=O) groups excluding carboxylic acids is 1. The van der Waals surface area contributed by atoms with E-state index in [9.17, 15) is 26.4 Å². The van der Waals surface area contributed by atoms with Crippen molar-refractivity contribution in [2.75, 3.05) is 6.61 Å². The first-order valence-electron chi connectivity index (χ1n) is 14.6. The summed E-state index contributed by atoms with van der Waals surface area (Å²) in [6.07, 6.45) is -0.883. The lowest BCUT2D eigenvalue weighted by Gasteiger charge is -2.36. The molecule has 0 bridgehead atoms. The maximum atomic E-state index is 13.7. The van der Waals surface area contributed by atoms with E-state index in [1.54, 1.807) is 18.2 Å². The van der Waals surface area contributed by atoms with E-state index in [0.29, 0.717) is 22.3 Å². The molecule has 0 saturated carbocycles. The summed E-state index contributed by atoms with van der Waals surface area (Å²) in [6.45, 7) is 17.8. The van der Waals surface area contributed by atoms with E-state index < -0.39 is 50.4 Å². The number of ether oxygens (including phenoxy) is 3. The van der Waals surface area contributed by atoms with Crippen LogP contribution in [0.3, 0.4) is 0 Å². The second kappa shape index (κ2) is 11.1. The van der Waals surface area contributed by atoms with Crippen molar-refractivity contribution in [3.8, 4) is 11.5 Å². The third kappa shape index (κ3) is 6.46. The Hall–Kier alpha value is -2.91. The first kappa shape index (κ1) is 34.4. The molecule has 14 heteroatoms. The molecule has 2 heterocycles. The van der Waals surface area contributed by atoms with Gasteiger partial charge in [0.2, 0.25) is 9.76 Å². The van der Waals surface area contributed by atoms with Gasteiger partial charge in [-0.05, 0) is 82.5 Å². The maximum Gasteiger partial charge on any atom is 0.534 e. The van der Waals surface area contributed by atoms with Gasteiger partial charge < -0.3 is 27.2 Å². The van der Waals surface area contributed by atoms with Crippen LogP contribution in [0.2, 0.25) is 5.04 Å². The molecule has 1 aliphatic carbocycles. The summed E-state index contributed by atoms with van der Waals surface area (Å²) in [5.74, 6) is -1.04. The van der Waals surface area contributed by atoms with Crippen LogP contribution >= 0.6 is 0 Å². The Balaban J connectivity index is 1.40. The molecule has 9 nitrogen and oxygen atoms in total. The summed E-state index contributed by atoms with van der Waals surface area (Å²) >= 11 is 0. The Kier molecular flexibility index (Phi) is 8.29. The van der Waals surface area contributed by atoms with Crippen molar-refractivity contribution in [1.82, 2.24) is 0 Å². The van der Waals surface area contributed by atoms with Crippen LogP contribution in [-0.4, -0.2) is 59.7 Å². The number of furan rings is 1. The third-order valence-corrected chi connectivity index (χ3v) is 9.98. The Bertz CT molecular complexity index is 1790. The van der Waals surface area contributed by atoms with Crippen LogP contribution in [-0.2, 0) is 29.4 Å². The van der Waals surface area contributed by atoms with E-state index >= 15 is 0 Å². The third-order valence-electron chi connectivity index (χ3n) is 7.76. The molecule has 5 rings (SSSR count). The Labute approximate surface area is 268 Å². The zero-order valence-electron chi connectivity index (χ0n) is 27.0. The van der Waals surface area contributed by atoms with Crippen molar-refractivity contribution in [2.45, 2.75) is 102 Å². The first-order chi connectivity index (χ1) is 20.9. The van der Waals surface area contributed by atoms with Crippen molar-refractivity contribution < 1.29 is 53.6 Å². The topological polar surface area (TPSA) is 110 Å². The summed E-state index contributed by atoms with van der Waals surface area (Å²) in [5.41, 5.74) is -5.87. The largest absolute Gasteiger partial charge is 0.534 e. The highest BCUT2D eigenvalue weighted by molar-refractivity contribution is 7.88. The van der Waals surface area contributed by atoms with E-state index in [-0.39, 0.29) is 44.1 Å². The van der Waals surface area contributed by atoms with Gasteiger partial charge in [0.1, 0.15) is 41.7 Å². The van der Waals surface area contributed by atoms with E-state index in [4.69, 9.17) is 23.1 Å². The molecule has 1 fully saturated rings. The molecule has 2 atom stereocenters. The molecule has 1 aromatic heterocycles. The van der Waals surface area contributed by atoms with Crippen molar-refractivity contribution in [1.29, 1.82) is 0 Å². The first-order valence-corrected chi connectivity index (χ1v) is 16.9. The highest BCUT2D eigenvalue weighted by atomic mass is 32.2. The molecule has 2 aliphatic rings. The molecular weight excluding hydrogens is 645 g/mol. The summed E-state index contributed by atoms with van der Waals surface area (Å²) in [6, 6.07) is 8.49. The molecule has 0 spiro atoms. The van der Waals surface area contributed by atoms with Gasteiger partial charge in [-0.25, -0.2) is 0 Å². The minimum absolute atomic E-state index is 0.00882. The van der Waals surface area contributed by atoms with E-state index in [1.165, 1.54) is 6.07 Å². The van der Waals surface area contributed by atoms with Crippen molar-refractivity contribution in [3.63, 3.8) is 0 Å². The van der Waals surface area contributed by atoms with Crippen molar-refractivity contribution in [2.24, 2.45) is 0 Å². The minimum atomic E-state index is -5.89. The zero-order chi connectivity index (χ0) is 34.3. The lowest BCUT2D eigenvalue weighted by Crippen LogP contribution is -2.48. The average molecular weight is 683 g/mol. The fourth-order valence-electron chi connectivity index (χ4n) is 5.62. The molecule has 46 heavy (non-hydrogen) atoms. The van der Waals surface area contributed by atoms with E-state index in [1.807, 2.05) is 41.5 Å². The second-order valence-corrected chi connectivity index (χ2v) is 17.5. The fourth-order valence-corrected chi connectivity index (χ4v) is 6.76. The highest BCUT2D eigenvalue weighted by Crippen LogP contribution is 2.47. The van der Waals surface area contributed by atoms with Crippen molar-refractivity contribution >= 4 is 36.6 Å². The number of hydrogen-bond donors (Lipinski definition) is 0. The van der Waals surface area contributed by atoms with Gasteiger partial charge in [-0.15, -0.1) is 0 Å². The SMILES string of the molecule is CC1(C)O[C@@H](C(C)(C)O[Si]C(C)(C)C)[C@@H](COc2ccc3c(c2)C(C)(C)c2oc4cc(OS(=O)(=O)C(F)(F)F)ccc4c2C3=O)O1. The lowest BCUT2D eigenvalue weighted by molar-refractivity contribution is -0.162. The Morgan fingerprint density at radius 2 is 1.59 bits per heavy atom. The molecule has 250 valence electrons. The standard InChI is InChI=1S/C32H37F3O9SSi/c1-28(2,3)46-44-30(6,7)26-23(41-31(8,9)42-26)16-39-17-10-12-19-21(14-17)29(4,5)27-24(25(19)36)20-13-11-18(15-22(20)40-27)43-45(37,38)32(33,34)35/h10-15,23,26H,16H2,1-9H3/t23-,26-/m1/s1. The van der Waals surface area contributed by atoms with Crippen molar-refractivity contribution in [3.05, 3.63) is 58.8 Å². The molecule has 2 radical (unpaired) electrons. The molecular formula is C32H37F3O9SSi. The molecule has 3 aromatic rings. The summed E-state index contributed by atoms with van der Waals surface area (Å²) in [4.78, 5) is 13.7. The fraction of sp³-hybridized carbons (Fsp3) is 0.531. The Morgan fingerprint density at radius 1 is 0.935 bits per heavy atom. The molecule has 0 amide bonds. The molecule has 0 unspecified atom stereocenters. The van der Waals surface area contributed by atoms with Crippen LogP contribution < -0.4 is 8.92 Å². The normalized spacial score (nSPS) is 21.3. The van der Waals surface area contributed by atoms with Gasteiger partial charge in [-0.1, -0.05) is 20.8 Å². The molecule has 1 saturated heterocycles. The number of benzene rings is 2. The summed E-state index contributed by atoms with van der Waals surface area (Å²) in [7, 11) is -5.65. The lowest BCUT2D eigenvalue weighted by atomic mass is 9.71. The van der Waals surface area contributed by atoms with Gasteiger partial charge >= 0.3 is 15.6 Å². The second-order valence-electron chi connectivity index (χ2n) is 14.1. The van der Waals surface area contributed by atoms with Gasteiger partial charge in [-0.3, -0.25) is 4.79 Å². The van der Waals surface area contributed by atoms with Gasteiger partial charge in [-0.2, -0.15) is 21.6 Å². The van der Waals surface area contributed by atoms with Gasteiger partial charge in [0.05, 0.1) is 11.2 Å². The van der Waals surface area contributed by atoms with Crippen LogP contribution in [0.15, 0.2) is 40.8 Å². The molecule has 2 aromatic carbocycles. The number of carbonyl (C=O) groups is 1. The quantitative estimate of drug-likeness (QED) is 0.140. The molecule has 1 aliphatic heterocycles. The van der Waals surface area contributed by atoms with Crippen LogP contribution in [0, 0.1) is 0 Å². The Morgan fingerprint density at radius 3 is 2.22 bits per heavy atom. The number of halogens is 3.